The van der Waals surface area contributed by atoms with E-state index < -0.39 is 0 Å². The molecule has 2 heteroatoms. The van der Waals surface area contributed by atoms with Crippen LogP contribution in [-0.2, 0) is 4.74 Å². The summed E-state index contributed by atoms with van der Waals surface area (Å²) in [6.07, 6.45) is 2.67. The van der Waals surface area contributed by atoms with Crippen molar-refractivity contribution in [3.63, 3.8) is 0 Å². The van der Waals surface area contributed by atoms with Gasteiger partial charge in [-0.2, -0.15) is 0 Å². The predicted molar refractivity (Wildman–Crippen MR) is 85.1 cm³/mol. The van der Waals surface area contributed by atoms with Crippen molar-refractivity contribution < 1.29 is 4.74 Å². The molecule has 1 aromatic rings. The Morgan fingerprint density at radius 3 is 2.60 bits per heavy atom. The number of hydrogen-bond donors (Lipinski definition) is 1. The Morgan fingerprint density at radius 1 is 1.20 bits per heavy atom. The number of hydrogen-bond acceptors (Lipinski definition) is 2. The molecule has 112 valence electrons. The van der Waals surface area contributed by atoms with E-state index in [1.807, 2.05) is 0 Å². The topological polar surface area (TPSA) is 21.3 Å². The summed E-state index contributed by atoms with van der Waals surface area (Å²) in [6.45, 7) is 12.0. The van der Waals surface area contributed by atoms with Crippen LogP contribution in [0.3, 0.4) is 0 Å². The van der Waals surface area contributed by atoms with Gasteiger partial charge in [0.1, 0.15) is 0 Å². The van der Waals surface area contributed by atoms with E-state index >= 15 is 0 Å². The van der Waals surface area contributed by atoms with Crippen LogP contribution in [0.1, 0.15) is 56.3 Å². The van der Waals surface area contributed by atoms with Crippen molar-refractivity contribution in [2.24, 2.45) is 5.92 Å². The van der Waals surface area contributed by atoms with E-state index in [1.54, 1.807) is 0 Å². The van der Waals surface area contributed by atoms with Crippen LogP contribution in [-0.4, -0.2) is 18.8 Å². The van der Waals surface area contributed by atoms with Crippen molar-refractivity contribution in [3.05, 3.63) is 34.9 Å². The van der Waals surface area contributed by atoms with E-state index in [-0.39, 0.29) is 0 Å². The monoisotopic (exact) mass is 275 g/mol. The number of benzene rings is 1. The minimum atomic E-state index is 0.409. The van der Waals surface area contributed by atoms with Gasteiger partial charge in [-0.05, 0) is 50.7 Å². The lowest BCUT2D eigenvalue weighted by atomic mass is 9.93. The minimum Gasteiger partial charge on any atom is -0.378 e. The first kappa shape index (κ1) is 15.5. The van der Waals surface area contributed by atoms with Gasteiger partial charge in [-0.1, -0.05) is 37.6 Å². The Labute approximate surface area is 123 Å². The lowest BCUT2D eigenvalue weighted by Crippen LogP contribution is -2.41. The summed E-state index contributed by atoms with van der Waals surface area (Å²) in [5, 5.41) is 3.80. The van der Waals surface area contributed by atoms with E-state index in [0.29, 0.717) is 24.1 Å². The number of nitrogens with one attached hydrogen (secondary N) is 1. The van der Waals surface area contributed by atoms with Gasteiger partial charge in [-0.25, -0.2) is 0 Å². The van der Waals surface area contributed by atoms with Crippen molar-refractivity contribution in [2.45, 2.75) is 65.6 Å². The molecule has 0 bridgehead atoms. The third-order valence-corrected chi connectivity index (χ3v) is 4.44. The second-order valence-electron chi connectivity index (χ2n) is 6.62. The normalized spacial score (nSPS) is 24.9. The lowest BCUT2D eigenvalue weighted by molar-refractivity contribution is -0.0257. The molecule has 0 saturated carbocycles. The van der Waals surface area contributed by atoms with Crippen molar-refractivity contribution in [1.82, 2.24) is 5.32 Å². The molecule has 0 radical (unpaired) electrons. The van der Waals surface area contributed by atoms with Gasteiger partial charge in [-0.15, -0.1) is 0 Å². The highest BCUT2D eigenvalue weighted by Crippen LogP contribution is 2.24. The first-order chi connectivity index (χ1) is 9.47. The van der Waals surface area contributed by atoms with Crippen LogP contribution < -0.4 is 5.32 Å². The van der Waals surface area contributed by atoms with Crippen molar-refractivity contribution >= 4 is 0 Å². The average molecular weight is 275 g/mol. The van der Waals surface area contributed by atoms with Gasteiger partial charge < -0.3 is 10.1 Å². The Hall–Kier alpha value is -0.860. The summed E-state index contributed by atoms with van der Waals surface area (Å²) in [6, 6.07) is 7.73. The molecule has 1 aromatic carbocycles. The Kier molecular flexibility index (Phi) is 5.22. The average Bonchev–Trinajstić information content (AvgIpc) is 2.38. The summed E-state index contributed by atoms with van der Waals surface area (Å²) >= 11 is 0. The zero-order valence-electron chi connectivity index (χ0n) is 13.6. The summed E-state index contributed by atoms with van der Waals surface area (Å²) in [7, 11) is 0. The molecule has 2 rings (SSSR count). The molecule has 3 unspecified atom stereocenters. The van der Waals surface area contributed by atoms with Gasteiger partial charge >= 0.3 is 0 Å². The quantitative estimate of drug-likeness (QED) is 0.891. The summed E-state index contributed by atoms with van der Waals surface area (Å²) in [5.74, 6) is 0.607. The van der Waals surface area contributed by atoms with E-state index in [4.69, 9.17) is 4.74 Å². The third-order valence-electron chi connectivity index (χ3n) is 4.44. The van der Waals surface area contributed by atoms with Gasteiger partial charge in [-0.3, -0.25) is 0 Å². The molecule has 1 saturated heterocycles. The van der Waals surface area contributed by atoms with Crippen LogP contribution in [0.4, 0.5) is 0 Å². The van der Waals surface area contributed by atoms with E-state index in [0.717, 1.165) is 19.4 Å². The molecule has 2 nitrogen and oxygen atoms in total. The Bertz CT molecular complexity index is 441. The highest BCUT2D eigenvalue weighted by molar-refractivity contribution is 5.32. The first-order valence-electron chi connectivity index (χ1n) is 7.92. The van der Waals surface area contributed by atoms with Gasteiger partial charge in [0, 0.05) is 18.7 Å². The zero-order valence-corrected chi connectivity index (χ0v) is 13.6. The molecule has 1 heterocycles. The van der Waals surface area contributed by atoms with Crippen LogP contribution in [0.5, 0.6) is 0 Å². The Balaban J connectivity index is 1.98. The molecular formula is C18H29NO. The number of rotatable bonds is 4. The highest BCUT2D eigenvalue weighted by atomic mass is 16.5. The second kappa shape index (κ2) is 6.73. The molecule has 0 aliphatic carbocycles. The molecule has 0 aromatic heterocycles. The molecule has 3 atom stereocenters. The van der Waals surface area contributed by atoms with Gasteiger partial charge in [0.2, 0.25) is 0 Å². The van der Waals surface area contributed by atoms with Crippen molar-refractivity contribution in [3.8, 4) is 0 Å². The predicted octanol–water partition coefficient (Wildman–Crippen LogP) is 4.16. The molecular weight excluding hydrogens is 246 g/mol. The van der Waals surface area contributed by atoms with Crippen LogP contribution in [0.25, 0.3) is 0 Å². The molecule has 1 aliphatic heterocycles. The van der Waals surface area contributed by atoms with Crippen LogP contribution in [0, 0.1) is 19.8 Å². The molecule has 0 spiro atoms. The molecule has 1 aliphatic rings. The molecule has 0 amide bonds. The van der Waals surface area contributed by atoms with Gasteiger partial charge in [0.25, 0.3) is 0 Å². The van der Waals surface area contributed by atoms with Crippen molar-refractivity contribution in [2.75, 3.05) is 6.61 Å². The standard InChI is InChI=1S/C18H29NO/c1-12(2)18-11-16(8-9-20-18)19-15(5)17-7-6-13(3)10-14(17)4/h6-7,10,12,15-16,18-19H,8-9,11H2,1-5H3. The maximum absolute atomic E-state index is 5.86. The van der Waals surface area contributed by atoms with Crippen LogP contribution in [0.2, 0.25) is 0 Å². The number of ether oxygens (including phenoxy) is 1. The van der Waals surface area contributed by atoms with Crippen LogP contribution >= 0.6 is 0 Å². The fraction of sp³-hybridized carbons (Fsp3) is 0.667. The Morgan fingerprint density at radius 2 is 1.95 bits per heavy atom. The lowest BCUT2D eigenvalue weighted by Gasteiger charge is -2.34. The number of aryl methyl sites for hydroxylation is 2. The minimum absolute atomic E-state index is 0.409. The van der Waals surface area contributed by atoms with E-state index in [9.17, 15) is 0 Å². The smallest absolute Gasteiger partial charge is 0.0612 e. The fourth-order valence-electron chi connectivity index (χ4n) is 3.20. The summed E-state index contributed by atoms with van der Waals surface area (Å²) < 4.78 is 5.86. The molecule has 1 fully saturated rings. The van der Waals surface area contributed by atoms with Gasteiger partial charge in [0.15, 0.2) is 0 Å². The maximum Gasteiger partial charge on any atom is 0.0612 e. The third kappa shape index (κ3) is 3.83. The van der Waals surface area contributed by atoms with E-state index in [2.05, 4.69) is 58.1 Å². The van der Waals surface area contributed by atoms with Crippen molar-refractivity contribution in [1.29, 1.82) is 0 Å². The molecule has 1 N–H and O–H groups in total. The maximum atomic E-state index is 5.86. The molecule has 20 heavy (non-hydrogen) atoms. The largest absolute Gasteiger partial charge is 0.378 e. The van der Waals surface area contributed by atoms with E-state index in [1.165, 1.54) is 16.7 Å². The highest BCUT2D eigenvalue weighted by Gasteiger charge is 2.26. The van der Waals surface area contributed by atoms with Gasteiger partial charge in [0.05, 0.1) is 6.10 Å². The first-order valence-corrected chi connectivity index (χ1v) is 7.92. The SMILES string of the molecule is Cc1ccc(C(C)NC2CCOC(C(C)C)C2)c(C)c1. The fourth-order valence-corrected chi connectivity index (χ4v) is 3.20. The zero-order chi connectivity index (χ0) is 14.7. The van der Waals surface area contributed by atoms with Crippen LogP contribution in [0.15, 0.2) is 18.2 Å². The summed E-state index contributed by atoms with van der Waals surface area (Å²) in [4.78, 5) is 0. The summed E-state index contributed by atoms with van der Waals surface area (Å²) in [5.41, 5.74) is 4.14. The second-order valence-corrected chi connectivity index (χ2v) is 6.62.